The zero-order valence-electron chi connectivity index (χ0n) is 8.98. The van der Waals surface area contributed by atoms with E-state index in [4.69, 9.17) is 4.74 Å². The van der Waals surface area contributed by atoms with Gasteiger partial charge >= 0.3 is 0 Å². The molecule has 1 N–H and O–H groups in total. The standard InChI is InChI=1S/C12H14N2OS/c1-4-11(10-8-14-16-12(10)5-1)15-9-3-2-6-13-7-9/h1,4-5,8-9,13H,2-3,6-7H2. The highest BCUT2D eigenvalue weighted by Gasteiger charge is 2.15. The van der Waals surface area contributed by atoms with Crippen molar-refractivity contribution in [1.29, 1.82) is 0 Å². The third-order valence-electron chi connectivity index (χ3n) is 2.90. The van der Waals surface area contributed by atoms with Gasteiger partial charge < -0.3 is 10.1 Å². The topological polar surface area (TPSA) is 34.1 Å². The fraction of sp³-hybridized carbons (Fsp3) is 0.417. The van der Waals surface area contributed by atoms with Crippen LogP contribution in [0.15, 0.2) is 24.4 Å². The monoisotopic (exact) mass is 234 g/mol. The molecule has 1 aliphatic heterocycles. The zero-order valence-corrected chi connectivity index (χ0v) is 9.80. The molecule has 2 heterocycles. The summed E-state index contributed by atoms with van der Waals surface area (Å²) in [4.78, 5) is 0. The van der Waals surface area contributed by atoms with Crippen molar-refractivity contribution in [3.05, 3.63) is 24.4 Å². The lowest BCUT2D eigenvalue weighted by atomic mass is 10.1. The Balaban J connectivity index is 1.85. The van der Waals surface area contributed by atoms with E-state index in [-0.39, 0.29) is 0 Å². The maximum absolute atomic E-state index is 6.03. The van der Waals surface area contributed by atoms with Crippen molar-refractivity contribution in [3.8, 4) is 5.75 Å². The summed E-state index contributed by atoms with van der Waals surface area (Å²) < 4.78 is 11.4. The molecule has 2 aromatic rings. The van der Waals surface area contributed by atoms with Gasteiger partial charge in [0.15, 0.2) is 0 Å². The quantitative estimate of drug-likeness (QED) is 0.866. The second-order valence-corrected chi connectivity index (χ2v) is 4.91. The number of fused-ring (bicyclic) bond motifs is 1. The molecule has 3 nitrogen and oxygen atoms in total. The Morgan fingerprint density at radius 3 is 3.31 bits per heavy atom. The fourth-order valence-electron chi connectivity index (χ4n) is 2.07. The van der Waals surface area contributed by atoms with Gasteiger partial charge in [-0.15, -0.1) is 0 Å². The van der Waals surface area contributed by atoms with Crippen LogP contribution in [0.25, 0.3) is 10.1 Å². The molecule has 1 aromatic carbocycles. The molecule has 0 radical (unpaired) electrons. The van der Waals surface area contributed by atoms with E-state index in [9.17, 15) is 0 Å². The average molecular weight is 234 g/mol. The van der Waals surface area contributed by atoms with Gasteiger partial charge in [0.05, 0.1) is 16.3 Å². The summed E-state index contributed by atoms with van der Waals surface area (Å²) in [5.74, 6) is 0.972. The van der Waals surface area contributed by atoms with E-state index in [1.165, 1.54) is 22.7 Å². The number of hydrogen-bond acceptors (Lipinski definition) is 4. The molecule has 0 saturated carbocycles. The van der Waals surface area contributed by atoms with Gasteiger partial charge in [-0.05, 0) is 43.1 Å². The summed E-state index contributed by atoms with van der Waals surface area (Å²) in [5.41, 5.74) is 0. The predicted molar refractivity (Wildman–Crippen MR) is 66.1 cm³/mol. The Hall–Kier alpha value is -1.13. The number of piperidine rings is 1. The first-order valence-electron chi connectivity index (χ1n) is 5.64. The molecule has 3 rings (SSSR count). The molecule has 0 bridgehead atoms. The average Bonchev–Trinajstić information content (AvgIpc) is 2.80. The number of benzene rings is 1. The highest BCUT2D eigenvalue weighted by atomic mass is 32.1. The lowest BCUT2D eigenvalue weighted by Gasteiger charge is -2.24. The van der Waals surface area contributed by atoms with Crippen LogP contribution in [-0.2, 0) is 0 Å². The largest absolute Gasteiger partial charge is 0.488 e. The molecule has 1 aliphatic rings. The molecular formula is C12H14N2OS. The van der Waals surface area contributed by atoms with Gasteiger partial charge in [-0.3, -0.25) is 0 Å². The zero-order chi connectivity index (χ0) is 10.8. The van der Waals surface area contributed by atoms with Gasteiger partial charge in [0, 0.05) is 6.54 Å². The minimum atomic E-state index is 0.305. The van der Waals surface area contributed by atoms with E-state index < -0.39 is 0 Å². The van der Waals surface area contributed by atoms with Gasteiger partial charge in [0.25, 0.3) is 0 Å². The van der Waals surface area contributed by atoms with Crippen molar-refractivity contribution in [2.24, 2.45) is 0 Å². The lowest BCUT2D eigenvalue weighted by molar-refractivity contribution is 0.169. The molecule has 84 valence electrons. The first-order chi connectivity index (χ1) is 7.93. The summed E-state index contributed by atoms with van der Waals surface area (Å²) >= 11 is 1.52. The van der Waals surface area contributed by atoms with E-state index in [0.29, 0.717) is 6.10 Å². The smallest absolute Gasteiger partial charge is 0.130 e. The predicted octanol–water partition coefficient (Wildman–Crippen LogP) is 2.43. The Labute approximate surface area is 98.6 Å². The number of hydrogen-bond donors (Lipinski definition) is 1. The Bertz CT molecular complexity index is 477. The molecular weight excluding hydrogens is 220 g/mol. The van der Waals surface area contributed by atoms with E-state index in [1.54, 1.807) is 0 Å². The van der Waals surface area contributed by atoms with Crippen LogP contribution in [0, 0.1) is 0 Å². The third-order valence-corrected chi connectivity index (χ3v) is 3.67. The van der Waals surface area contributed by atoms with Crippen LogP contribution in [0.2, 0.25) is 0 Å². The number of nitrogens with zero attached hydrogens (tertiary/aromatic N) is 1. The summed E-state index contributed by atoms with van der Waals surface area (Å²) in [7, 11) is 0. The number of aromatic nitrogens is 1. The van der Waals surface area contributed by atoms with Crippen LogP contribution in [0.5, 0.6) is 5.75 Å². The van der Waals surface area contributed by atoms with E-state index in [0.717, 1.165) is 30.6 Å². The second kappa shape index (κ2) is 4.39. The van der Waals surface area contributed by atoms with Crippen LogP contribution in [-0.4, -0.2) is 23.6 Å². The number of ether oxygens (including phenoxy) is 1. The maximum Gasteiger partial charge on any atom is 0.130 e. The molecule has 16 heavy (non-hydrogen) atoms. The molecule has 0 spiro atoms. The van der Waals surface area contributed by atoms with E-state index in [2.05, 4.69) is 15.8 Å². The molecule has 1 atom stereocenters. The second-order valence-electron chi connectivity index (χ2n) is 4.08. The highest BCUT2D eigenvalue weighted by molar-refractivity contribution is 7.13. The normalized spacial score (nSPS) is 21.1. The summed E-state index contributed by atoms with van der Waals surface area (Å²) in [6.07, 6.45) is 4.54. The molecule has 1 fully saturated rings. The molecule has 0 aliphatic carbocycles. The van der Waals surface area contributed by atoms with Crippen molar-refractivity contribution in [1.82, 2.24) is 9.69 Å². The van der Waals surface area contributed by atoms with Crippen LogP contribution in [0.1, 0.15) is 12.8 Å². The molecule has 0 amide bonds. The summed E-state index contributed by atoms with van der Waals surface area (Å²) in [6.45, 7) is 2.07. The Kier molecular flexibility index (Phi) is 2.76. The van der Waals surface area contributed by atoms with Crippen molar-refractivity contribution in [2.75, 3.05) is 13.1 Å². The summed E-state index contributed by atoms with van der Waals surface area (Å²) in [5, 5.41) is 4.50. The SMILES string of the molecule is c1cc(OC2CCCNC2)c2cnsc2c1. The fourth-order valence-corrected chi connectivity index (χ4v) is 2.73. The first kappa shape index (κ1) is 10.1. The molecule has 1 aromatic heterocycles. The van der Waals surface area contributed by atoms with Gasteiger partial charge in [-0.2, -0.15) is 4.37 Å². The van der Waals surface area contributed by atoms with Crippen molar-refractivity contribution in [2.45, 2.75) is 18.9 Å². The molecule has 1 saturated heterocycles. The van der Waals surface area contributed by atoms with Gasteiger partial charge in [-0.1, -0.05) is 6.07 Å². The van der Waals surface area contributed by atoms with Crippen molar-refractivity contribution >= 4 is 21.6 Å². The van der Waals surface area contributed by atoms with Crippen LogP contribution in [0.3, 0.4) is 0 Å². The minimum absolute atomic E-state index is 0.305. The van der Waals surface area contributed by atoms with Crippen LogP contribution in [0.4, 0.5) is 0 Å². The van der Waals surface area contributed by atoms with Crippen molar-refractivity contribution in [3.63, 3.8) is 0 Å². The Morgan fingerprint density at radius 1 is 1.44 bits per heavy atom. The highest BCUT2D eigenvalue weighted by Crippen LogP contribution is 2.29. The van der Waals surface area contributed by atoms with Crippen molar-refractivity contribution < 1.29 is 4.74 Å². The summed E-state index contributed by atoms with van der Waals surface area (Å²) in [6, 6.07) is 6.15. The van der Waals surface area contributed by atoms with Gasteiger partial charge in [-0.25, -0.2) is 0 Å². The minimum Gasteiger partial charge on any atom is -0.488 e. The lowest BCUT2D eigenvalue weighted by Crippen LogP contribution is -2.37. The van der Waals surface area contributed by atoms with E-state index >= 15 is 0 Å². The van der Waals surface area contributed by atoms with E-state index in [1.807, 2.05) is 18.3 Å². The van der Waals surface area contributed by atoms with Crippen LogP contribution >= 0.6 is 11.5 Å². The van der Waals surface area contributed by atoms with Gasteiger partial charge in [0.2, 0.25) is 0 Å². The number of rotatable bonds is 2. The molecule has 4 heteroatoms. The number of nitrogens with one attached hydrogen (secondary N) is 1. The van der Waals surface area contributed by atoms with Crippen LogP contribution < -0.4 is 10.1 Å². The molecule has 1 unspecified atom stereocenters. The Morgan fingerprint density at radius 2 is 2.44 bits per heavy atom. The maximum atomic E-state index is 6.03. The van der Waals surface area contributed by atoms with Gasteiger partial charge in [0.1, 0.15) is 11.9 Å². The third kappa shape index (κ3) is 1.90. The first-order valence-corrected chi connectivity index (χ1v) is 6.41.